The average molecular weight is 352 g/mol. The number of rotatable bonds is 5. The fourth-order valence-electron chi connectivity index (χ4n) is 3.20. The lowest BCUT2D eigenvalue weighted by Gasteiger charge is -2.26. The summed E-state index contributed by atoms with van der Waals surface area (Å²) in [6.45, 7) is 1.38. The number of hydrogen-bond acceptors (Lipinski definition) is 6. The van der Waals surface area contributed by atoms with Gasteiger partial charge in [0.2, 0.25) is 11.8 Å². The number of methoxy groups -OCH3 is 1. The van der Waals surface area contributed by atoms with E-state index in [0.717, 1.165) is 31.2 Å². The van der Waals surface area contributed by atoms with Crippen molar-refractivity contribution in [3.05, 3.63) is 18.0 Å². The number of anilines is 1. The number of aromatic nitrogens is 3. The minimum absolute atomic E-state index is 0.158. The number of hydrogen-bond donors (Lipinski definition) is 2. The standard InChI is InChI=1S/C17H22F2N4O2/c1-9(15(18)19)22-17-21-8-13-14(23-17)12(7-20-16(13)25-2)10-3-5-11(24)6-4-10/h7-11,15,24H,3-6H2,1-2H3,(H,21,22,23)/t9-,10?,11?/m0/s1. The van der Waals surface area contributed by atoms with Crippen molar-refractivity contribution >= 4 is 16.9 Å². The molecule has 1 atom stereocenters. The topological polar surface area (TPSA) is 80.2 Å². The third-order valence-corrected chi connectivity index (χ3v) is 4.68. The molecule has 8 heteroatoms. The van der Waals surface area contributed by atoms with Crippen molar-refractivity contribution in [3.63, 3.8) is 0 Å². The number of ether oxygens (including phenoxy) is 1. The SMILES string of the molecule is COc1ncc(C2CCC(O)CC2)c2nc(N[C@@H](C)C(F)F)ncc12. The summed E-state index contributed by atoms with van der Waals surface area (Å²) in [5.41, 5.74) is 1.60. The maximum Gasteiger partial charge on any atom is 0.258 e. The predicted molar refractivity (Wildman–Crippen MR) is 90.2 cm³/mol. The summed E-state index contributed by atoms with van der Waals surface area (Å²) in [4.78, 5) is 12.9. The van der Waals surface area contributed by atoms with E-state index in [1.807, 2.05) is 0 Å². The van der Waals surface area contributed by atoms with Gasteiger partial charge in [-0.1, -0.05) is 0 Å². The monoisotopic (exact) mass is 352 g/mol. The summed E-state index contributed by atoms with van der Waals surface area (Å²) in [5, 5.41) is 13.0. The van der Waals surface area contributed by atoms with E-state index in [1.54, 1.807) is 12.4 Å². The highest BCUT2D eigenvalue weighted by atomic mass is 19.3. The summed E-state index contributed by atoms with van der Waals surface area (Å²) in [6.07, 6.45) is 3.66. The second kappa shape index (κ2) is 7.43. The highest BCUT2D eigenvalue weighted by Gasteiger charge is 2.25. The molecule has 0 saturated heterocycles. The lowest BCUT2D eigenvalue weighted by atomic mass is 9.83. The Bertz CT molecular complexity index is 736. The molecule has 0 aromatic carbocycles. The first kappa shape index (κ1) is 17.7. The molecule has 0 unspecified atom stereocenters. The van der Waals surface area contributed by atoms with Gasteiger partial charge < -0.3 is 15.2 Å². The quantitative estimate of drug-likeness (QED) is 0.861. The number of halogens is 2. The molecule has 0 aliphatic heterocycles. The Morgan fingerprint density at radius 2 is 1.92 bits per heavy atom. The highest BCUT2D eigenvalue weighted by molar-refractivity contribution is 5.86. The Balaban J connectivity index is 2.00. The van der Waals surface area contributed by atoms with Gasteiger partial charge in [-0.3, -0.25) is 0 Å². The van der Waals surface area contributed by atoms with Crippen molar-refractivity contribution in [3.8, 4) is 5.88 Å². The number of nitrogens with one attached hydrogen (secondary N) is 1. The van der Waals surface area contributed by atoms with Gasteiger partial charge in [0.05, 0.1) is 30.2 Å². The second-order valence-electron chi connectivity index (χ2n) is 6.45. The van der Waals surface area contributed by atoms with Gasteiger partial charge in [0, 0.05) is 18.0 Å². The van der Waals surface area contributed by atoms with Gasteiger partial charge in [-0.25, -0.2) is 23.7 Å². The zero-order valence-corrected chi connectivity index (χ0v) is 14.2. The Hall–Kier alpha value is -2.09. The van der Waals surface area contributed by atoms with Gasteiger partial charge in [0.15, 0.2) is 0 Å². The molecule has 2 heterocycles. The predicted octanol–water partition coefficient (Wildman–Crippen LogP) is 3.12. The largest absolute Gasteiger partial charge is 0.480 e. The molecule has 25 heavy (non-hydrogen) atoms. The summed E-state index contributed by atoms with van der Waals surface area (Å²) in [5.74, 6) is 0.785. The van der Waals surface area contributed by atoms with Crippen LogP contribution in [0.25, 0.3) is 10.9 Å². The van der Waals surface area contributed by atoms with Gasteiger partial charge in [-0.2, -0.15) is 0 Å². The molecule has 3 rings (SSSR count). The first-order valence-electron chi connectivity index (χ1n) is 8.42. The molecule has 0 bridgehead atoms. The van der Waals surface area contributed by atoms with Crippen LogP contribution < -0.4 is 10.1 Å². The zero-order valence-electron chi connectivity index (χ0n) is 14.2. The zero-order chi connectivity index (χ0) is 18.0. The van der Waals surface area contributed by atoms with Crippen molar-refractivity contribution in [2.75, 3.05) is 12.4 Å². The van der Waals surface area contributed by atoms with Crippen LogP contribution in [0.2, 0.25) is 0 Å². The lowest BCUT2D eigenvalue weighted by Crippen LogP contribution is -2.25. The maximum absolute atomic E-state index is 12.8. The Kier molecular flexibility index (Phi) is 5.27. The molecule has 1 saturated carbocycles. The first-order valence-corrected chi connectivity index (χ1v) is 8.42. The highest BCUT2D eigenvalue weighted by Crippen LogP contribution is 2.37. The fraction of sp³-hybridized carbons (Fsp3) is 0.588. The van der Waals surface area contributed by atoms with Crippen LogP contribution in [0.1, 0.15) is 44.1 Å². The minimum Gasteiger partial charge on any atom is -0.480 e. The summed E-state index contributed by atoms with van der Waals surface area (Å²) in [6, 6.07) is -1.05. The van der Waals surface area contributed by atoms with Crippen LogP contribution in [0.15, 0.2) is 12.4 Å². The molecule has 2 N–H and O–H groups in total. The third kappa shape index (κ3) is 3.78. The minimum atomic E-state index is -2.51. The van der Waals surface area contributed by atoms with E-state index in [9.17, 15) is 13.9 Å². The molecule has 6 nitrogen and oxygen atoms in total. The smallest absolute Gasteiger partial charge is 0.258 e. The van der Waals surface area contributed by atoms with E-state index < -0.39 is 12.5 Å². The van der Waals surface area contributed by atoms with E-state index in [0.29, 0.717) is 16.8 Å². The molecule has 0 spiro atoms. The van der Waals surface area contributed by atoms with Gasteiger partial charge in [0.25, 0.3) is 6.43 Å². The summed E-state index contributed by atoms with van der Waals surface area (Å²) < 4.78 is 30.8. The van der Waals surface area contributed by atoms with Crippen LogP contribution in [0, 0.1) is 0 Å². The molecule has 2 aromatic rings. The maximum atomic E-state index is 12.8. The van der Waals surface area contributed by atoms with Gasteiger partial charge >= 0.3 is 0 Å². The van der Waals surface area contributed by atoms with Crippen LogP contribution in [0.3, 0.4) is 0 Å². The average Bonchev–Trinajstić information content (AvgIpc) is 2.61. The van der Waals surface area contributed by atoms with E-state index >= 15 is 0 Å². The van der Waals surface area contributed by atoms with Crippen LogP contribution in [0.4, 0.5) is 14.7 Å². The van der Waals surface area contributed by atoms with E-state index in [-0.39, 0.29) is 18.0 Å². The Labute approximate surface area is 144 Å². The molecular formula is C17H22F2N4O2. The fourth-order valence-corrected chi connectivity index (χ4v) is 3.20. The van der Waals surface area contributed by atoms with Crippen LogP contribution >= 0.6 is 0 Å². The number of pyridine rings is 1. The van der Waals surface area contributed by atoms with E-state index in [1.165, 1.54) is 14.0 Å². The van der Waals surface area contributed by atoms with Crippen molar-refractivity contribution in [1.82, 2.24) is 15.0 Å². The van der Waals surface area contributed by atoms with Crippen LogP contribution in [0.5, 0.6) is 5.88 Å². The molecular weight excluding hydrogens is 330 g/mol. The Morgan fingerprint density at radius 3 is 2.56 bits per heavy atom. The van der Waals surface area contributed by atoms with Gasteiger partial charge in [0.1, 0.15) is 0 Å². The normalized spacial score (nSPS) is 22.2. The van der Waals surface area contributed by atoms with Crippen molar-refractivity contribution < 1.29 is 18.6 Å². The number of nitrogens with zero attached hydrogens (tertiary/aromatic N) is 3. The van der Waals surface area contributed by atoms with Crippen molar-refractivity contribution in [2.45, 2.75) is 57.1 Å². The number of alkyl halides is 2. The van der Waals surface area contributed by atoms with Crippen molar-refractivity contribution in [2.24, 2.45) is 0 Å². The van der Waals surface area contributed by atoms with Crippen LogP contribution in [-0.2, 0) is 0 Å². The molecule has 2 aromatic heterocycles. The molecule has 0 radical (unpaired) electrons. The number of aliphatic hydroxyl groups is 1. The third-order valence-electron chi connectivity index (χ3n) is 4.68. The number of aliphatic hydroxyl groups excluding tert-OH is 1. The van der Waals surface area contributed by atoms with Gasteiger partial charge in [-0.05, 0) is 38.5 Å². The molecule has 136 valence electrons. The molecule has 1 aliphatic rings. The first-order chi connectivity index (χ1) is 12.0. The van der Waals surface area contributed by atoms with E-state index in [4.69, 9.17) is 4.74 Å². The van der Waals surface area contributed by atoms with E-state index in [2.05, 4.69) is 20.3 Å². The molecule has 0 amide bonds. The van der Waals surface area contributed by atoms with Gasteiger partial charge in [-0.15, -0.1) is 0 Å². The summed E-state index contributed by atoms with van der Waals surface area (Å²) >= 11 is 0. The van der Waals surface area contributed by atoms with Crippen LogP contribution in [-0.4, -0.2) is 45.7 Å². The molecule has 1 fully saturated rings. The molecule has 1 aliphatic carbocycles. The lowest BCUT2D eigenvalue weighted by molar-refractivity contribution is 0.122. The number of fused-ring (bicyclic) bond motifs is 1. The summed E-state index contributed by atoms with van der Waals surface area (Å²) in [7, 11) is 1.52. The second-order valence-corrected chi connectivity index (χ2v) is 6.45. The Morgan fingerprint density at radius 1 is 1.20 bits per heavy atom. The van der Waals surface area contributed by atoms with Crippen molar-refractivity contribution in [1.29, 1.82) is 0 Å².